The van der Waals surface area contributed by atoms with Crippen molar-refractivity contribution in [3.8, 4) is 0 Å². The molecule has 0 unspecified atom stereocenters. The van der Waals surface area contributed by atoms with Gasteiger partial charge < -0.3 is 15.0 Å². The van der Waals surface area contributed by atoms with Gasteiger partial charge in [-0.15, -0.1) is 0 Å². The summed E-state index contributed by atoms with van der Waals surface area (Å²) < 4.78 is 0. The van der Waals surface area contributed by atoms with E-state index >= 15 is 0 Å². The number of amides is 1. The molecule has 2 N–H and O–H groups in total. The number of hydrogen-bond donors (Lipinski definition) is 2. The van der Waals surface area contributed by atoms with E-state index in [4.69, 9.17) is 0 Å². The number of pyridine rings is 1. The predicted octanol–water partition coefficient (Wildman–Crippen LogP) is 1.79. The number of nitrogens with zero attached hydrogens (tertiary/aromatic N) is 2. The van der Waals surface area contributed by atoms with Crippen LogP contribution in [0.15, 0.2) is 47.4 Å². The molecule has 0 aliphatic carbocycles. The highest BCUT2D eigenvalue weighted by Crippen LogP contribution is 2.27. The lowest BCUT2D eigenvalue weighted by molar-refractivity contribution is -0.0118. The first-order valence-corrected chi connectivity index (χ1v) is 10.0. The Morgan fingerprint density at radius 2 is 1.89 bits per heavy atom. The van der Waals surface area contributed by atoms with Crippen LogP contribution in [0, 0.1) is 0 Å². The fourth-order valence-corrected chi connectivity index (χ4v) is 4.37. The molecule has 6 nitrogen and oxygen atoms in total. The highest BCUT2D eigenvalue weighted by molar-refractivity contribution is 5.93. The van der Waals surface area contributed by atoms with Gasteiger partial charge in [0.05, 0.1) is 11.2 Å². The number of rotatable bonds is 3. The van der Waals surface area contributed by atoms with Gasteiger partial charge in [-0.1, -0.05) is 24.3 Å². The Labute approximate surface area is 164 Å². The Kier molecular flexibility index (Phi) is 5.33. The van der Waals surface area contributed by atoms with Crippen LogP contribution in [0.2, 0.25) is 0 Å². The van der Waals surface area contributed by atoms with Crippen LogP contribution in [0.25, 0.3) is 0 Å². The van der Waals surface area contributed by atoms with Gasteiger partial charge in [0.1, 0.15) is 0 Å². The number of likely N-dealkylation sites (tertiary alicyclic amines) is 1. The summed E-state index contributed by atoms with van der Waals surface area (Å²) in [6, 6.07) is 11.4. The zero-order valence-electron chi connectivity index (χ0n) is 16.1. The Morgan fingerprint density at radius 1 is 1.07 bits per heavy atom. The van der Waals surface area contributed by atoms with Crippen molar-refractivity contribution in [2.45, 2.75) is 37.8 Å². The third-order valence-corrected chi connectivity index (χ3v) is 5.96. The van der Waals surface area contributed by atoms with Crippen molar-refractivity contribution < 1.29 is 9.90 Å². The van der Waals surface area contributed by atoms with E-state index in [9.17, 15) is 14.7 Å². The maximum absolute atomic E-state index is 12.7. The molecule has 2 aromatic rings. The third-order valence-electron chi connectivity index (χ3n) is 5.96. The first-order valence-electron chi connectivity index (χ1n) is 10.0. The van der Waals surface area contributed by atoms with Gasteiger partial charge in [-0.2, -0.15) is 0 Å². The molecule has 148 valence electrons. The number of nitrogens with one attached hydrogen (secondary N) is 1. The van der Waals surface area contributed by atoms with Gasteiger partial charge in [0.15, 0.2) is 0 Å². The molecule has 2 aliphatic rings. The Bertz CT molecular complexity index is 889. The highest BCUT2D eigenvalue weighted by atomic mass is 16.3. The second kappa shape index (κ2) is 7.89. The highest BCUT2D eigenvalue weighted by Gasteiger charge is 2.34. The van der Waals surface area contributed by atoms with Crippen molar-refractivity contribution in [2.75, 3.05) is 26.2 Å². The minimum atomic E-state index is -0.772. The molecule has 2 aliphatic heterocycles. The number of benzene rings is 1. The first-order chi connectivity index (χ1) is 13.5. The number of aliphatic hydroxyl groups is 1. The Morgan fingerprint density at radius 3 is 2.68 bits per heavy atom. The first kappa shape index (κ1) is 18.9. The molecule has 6 heteroatoms. The van der Waals surface area contributed by atoms with Crippen LogP contribution in [0.3, 0.4) is 0 Å². The quantitative estimate of drug-likeness (QED) is 0.850. The largest absolute Gasteiger partial charge is 0.388 e. The van der Waals surface area contributed by atoms with Crippen LogP contribution in [0.4, 0.5) is 0 Å². The molecule has 0 radical (unpaired) electrons. The number of fused-ring (bicyclic) bond motifs is 1. The lowest BCUT2D eigenvalue weighted by Crippen LogP contribution is -2.45. The molecule has 1 fully saturated rings. The summed E-state index contributed by atoms with van der Waals surface area (Å²) in [7, 11) is 0. The standard InChI is InChI=1S/C22H27N3O3/c26-20-7-6-18(14-23-20)21(27)25-11-3-9-22(28,10-13-25)16-24-12-8-17-4-1-2-5-19(17)15-24/h1-2,4-7,14,28H,3,8-13,15-16H2,(H,23,26)/t22-/m1/s1. The Hall–Kier alpha value is -2.44. The molecule has 4 rings (SSSR count). The van der Waals surface area contributed by atoms with Gasteiger partial charge in [-0.3, -0.25) is 14.5 Å². The summed E-state index contributed by atoms with van der Waals surface area (Å²) in [5, 5.41) is 11.2. The SMILES string of the molecule is O=C(c1ccc(=O)[nH]c1)N1CCC[C@](O)(CN2CCc3ccccc3C2)CC1. The molecule has 1 aromatic heterocycles. The molecular weight excluding hydrogens is 354 g/mol. The topological polar surface area (TPSA) is 76.6 Å². The lowest BCUT2D eigenvalue weighted by atomic mass is 9.92. The predicted molar refractivity (Wildman–Crippen MR) is 107 cm³/mol. The second-order valence-electron chi connectivity index (χ2n) is 8.04. The van der Waals surface area contributed by atoms with Gasteiger partial charge in [0, 0.05) is 45.0 Å². The minimum absolute atomic E-state index is 0.0904. The van der Waals surface area contributed by atoms with Gasteiger partial charge >= 0.3 is 0 Å². The zero-order valence-corrected chi connectivity index (χ0v) is 16.1. The monoisotopic (exact) mass is 381 g/mol. The number of aromatic nitrogens is 1. The molecule has 0 saturated carbocycles. The lowest BCUT2D eigenvalue weighted by Gasteiger charge is -2.36. The number of carbonyl (C=O) groups is 1. The average Bonchev–Trinajstić information content (AvgIpc) is 2.89. The maximum Gasteiger partial charge on any atom is 0.255 e. The average molecular weight is 381 g/mol. The van der Waals surface area contributed by atoms with Gasteiger partial charge in [-0.25, -0.2) is 0 Å². The minimum Gasteiger partial charge on any atom is -0.388 e. The van der Waals surface area contributed by atoms with E-state index in [0.29, 0.717) is 38.0 Å². The summed E-state index contributed by atoms with van der Waals surface area (Å²) in [5.41, 5.74) is 2.25. The zero-order chi connectivity index (χ0) is 19.6. The van der Waals surface area contributed by atoms with E-state index in [-0.39, 0.29) is 11.5 Å². The van der Waals surface area contributed by atoms with Crippen molar-refractivity contribution in [3.05, 3.63) is 69.6 Å². The van der Waals surface area contributed by atoms with E-state index in [0.717, 1.165) is 25.9 Å². The summed E-state index contributed by atoms with van der Waals surface area (Å²) in [6.45, 7) is 3.63. The van der Waals surface area contributed by atoms with E-state index in [1.54, 1.807) is 11.0 Å². The second-order valence-corrected chi connectivity index (χ2v) is 8.04. The van der Waals surface area contributed by atoms with Crippen molar-refractivity contribution >= 4 is 5.91 Å². The number of hydrogen-bond acceptors (Lipinski definition) is 4. The van der Waals surface area contributed by atoms with Crippen LogP contribution in [0.5, 0.6) is 0 Å². The van der Waals surface area contributed by atoms with E-state index in [1.807, 2.05) is 0 Å². The molecule has 0 bridgehead atoms. The molecule has 0 spiro atoms. The summed E-state index contributed by atoms with van der Waals surface area (Å²) in [5.74, 6) is -0.0904. The number of β-amino-alcohol motifs (C(OH)–C–C–N with tert-alkyl or cyclic N) is 1. The maximum atomic E-state index is 12.7. The van der Waals surface area contributed by atoms with Crippen molar-refractivity contribution in [1.29, 1.82) is 0 Å². The summed E-state index contributed by atoms with van der Waals surface area (Å²) in [6.07, 6.45) is 4.52. The van der Waals surface area contributed by atoms with E-state index < -0.39 is 5.60 Å². The molecule has 1 atom stereocenters. The van der Waals surface area contributed by atoms with Gasteiger partial charge in [0.25, 0.3) is 5.91 Å². The molecule has 1 aromatic carbocycles. The van der Waals surface area contributed by atoms with Gasteiger partial charge in [0.2, 0.25) is 5.56 Å². The van der Waals surface area contributed by atoms with Crippen molar-refractivity contribution in [1.82, 2.24) is 14.8 Å². The molecule has 1 amide bonds. The molecular formula is C22H27N3O3. The Balaban J connectivity index is 1.38. The van der Waals surface area contributed by atoms with Crippen LogP contribution >= 0.6 is 0 Å². The van der Waals surface area contributed by atoms with Crippen molar-refractivity contribution in [2.24, 2.45) is 0 Å². The number of carbonyl (C=O) groups excluding carboxylic acids is 1. The normalized spacial score (nSPS) is 23.1. The summed E-state index contributed by atoms with van der Waals surface area (Å²) in [4.78, 5) is 30.6. The molecule has 1 saturated heterocycles. The fourth-order valence-electron chi connectivity index (χ4n) is 4.37. The summed E-state index contributed by atoms with van der Waals surface area (Å²) >= 11 is 0. The third kappa shape index (κ3) is 4.18. The number of H-pyrrole nitrogens is 1. The smallest absolute Gasteiger partial charge is 0.255 e. The van der Waals surface area contributed by atoms with Crippen LogP contribution in [-0.4, -0.2) is 57.6 Å². The van der Waals surface area contributed by atoms with Crippen LogP contribution in [-0.2, 0) is 13.0 Å². The number of aromatic amines is 1. The molecule has 3 heterocycles. The fraction of sp³-hybridized carbons (Fsp3) is 0.455. The van der Waals surface area contributed by atoms with Crippen molar-refractivity contribution in [3.63, 3.8) is 0 Å². The van der Waals surface area contributed by atoms with Crippen LogP contribution < -0.4 is 5.56 Å². The molecule has 28 heavy (non-hydrogen) atoms. The van der Waals surface area contributed by atoms with Crippen LogP contribution in [0.1, 0.15) is 40.7 Å². The van der Waals surface area contributed by atoms with Gasteiger partial charge in [-0.05, 0) is 42.9 Å². The van der Waals surface area contributed by atoms with E-state index in [1.165, 1.54) is 23.4 Å². The van der Waals surface area contributed by atoms with E-state index in [2.05, 4.69) is 34.1 Å².